The molecule has 0 aliphatic rings. The summed E-state index contributed by atoms with van der Waals surface area (Å²) in [6.07, 6.45) is 5.13. The van der Waals surface area contributed by atoms with E-state index in [2.05, 4.69) is 64.4 Å². The Balaban J connectivity index is 3.02. The first-order valence-electron chi connectivity index (χ1n) is 3.59. The van der Waals surface area contributed by atoms with Crippen LogP contribution in [0.25, 0.3) is 0 Å². The van der Waals surface area contributed by atoms with Gasteiger partial charge in [0.25, 0.3) is 48.4 Å². The fourth-order valence-corrected chi connectivity index (χ4v) is 1.89. The average Bonchev–Trinajstić information content (AvgIpc) is 1.85. The normalized spacial score (nSPS) is 12.0. The number of hydrogen-bond acceptors (Lipinski definition) is 0. The average molecular weight is 418 g/mol. The number of halogens is 4. The molecule has 68 valence electrons. The summed E-state index contributed by atoms with van der Waals surface area (Å²) in [6, 6.07) is 0. The predicted molar refractivity (Wildman–Crippen MR) is 64.2 cm³/mol. The molecule has 0 aliphatic carbocycles. The van der Waals surface area contributed by atoms with E-state index >= 15 is 0 Å². The molecule has 0 aromatic heterocycles. The molecule has 0 saturated carbocycles. The van der Waals surface area contributed by atoms with Gasteiger partial charge in [-0.3, -0.25) is 0 Å². The van der Waals surface area contributed by atoms with E-state index < -0.39 is 0 Å². The fourth-order valence-electron chi connectivity index (χ4n) is 0.739. The molecule has 5 heteroatoms. The van der Waals surface area contributed by atoms with Crippen LogP contribution >= 0.6 is 64.4 Å². The van der Waals surface area contributed by atoms with Crippen LogP contribution in [0, 0.1) is 0 Å². The molecule has 11 heavy (non-hydrogen) atoms. The standard InChI is InChI=1S/C6H12Br4N/c7-5-3-1-2-4-6-11(8,9)10/h1-6H2/q+1. The SMILES string of the molecule is BrCCCCCC[N+](Br)(Br)Br. The van der Waals surface area contributed by atoms with Crippen LogP contribution in [0.1, 0.15) is 25.7 Å². The van der Waals surface area contributed by atoms with E-state index in [1.54, 1.807) is 0 Å². The second-order valence-corrected chi connectivity index (χ2v) is 9.66. The van der Waals surface area contributed by atoms with Crippen molar-refractivity contribution in [2.45, 2.75) is 25.7 Å². The number of nitrogens with zero attached hydrogens (tertiary/aromatic N) is 1. The van der Waals surface area contributed by atoms with Gasteiger partial charge in [0.1, 0.15) is 6.54 Å². The molecule has 0 atom stereocenters. The first-order chi connectivity index (χ1) is 5.06. The van der Waals surface area contributed by atoms with E-state index in [0.717, 1.165) is 11.9 Å². The summed E-state index contributed by atoms with van der Waals surface area (Å²) in [5.41, 5.74) is 0. The molecule has 1 nitrogen and oxygen atoms in total. The third-order valence-corrected chi connectivity index (χ3v) is 2.92. The highest BCUT2D eigenvalue weighted by Crippen LogP contribution is 2.29. The molecule has 0 aromatic carbocycles. The molecule has 0 radical (unpaired) electrons. The van der Waals surface area contributed by atoms with Crippen LogP contribution in [0.4, 0.5) is 0 Å². The number of quaternary nitrogens is 1. The zero-order chi connectivity index (χ0) is 8.74. The molecule has 0 saturated heterocycles. The Kier molecular flexibility index (Phi) is 8.55. The first-order valence-corrected chi connectivity index (χ1v) is 6.84. The molecular formula is C6H12Br4N+. The Labute approximate surface area is 103 Å². The second kappa shape index (κ2) is 7.30. The zero-order valence-corrected chi connectivity index (χ0v) is 12.5. The lowest BCUT2D eigenvalue weighted by atomic mass is 10.2. The van der Waals surface area contributed by atoms with Gasteiger partial charge in [-0.1, -0.05) is 22.4 Å². The van der Waals surface area contributed by atoms with Gasteiger partial charge >= 0.3 is 0 Å². The largest absolute Gasteiger partial charge is 0.252 e. The molecule has 0 heterocycles. The third-order valence-electron chi connectivity index (χ3n) is 1.30. The summed E-state index contributed by atoms with van der Waals surface area (Å²) >= 11 is 13.6. The van der Waals surface area contributed by atoms with E-state index in [1.807, 2.05) is 0 Å². The van der Waals surface area contributed by atoms with Crippen LogP contribution in [0.5, 0.6) is 0 Å². The Hall–Kier alpha value is 1.88. The topological polar surface area (TPSA) is 0 Å². The number of hydrogen-bond donors (Lipinski definition) is 0. The Morgan fingerprint density at radius 2 is 1.36 bits per heavy atom. The van der Waals surface area contributed by atoms with Gasteiger partial charge in [0.15, 0.2) is 0 Å². The van der Waals surface area contributed by atoms with Gasteiger partial charge in [0, 0.05) is 5.33 Å². The molecule has 0 unspecified atom stereocenters. The molecule has 0 N–H and O–H groups in total. The van der Waals surface area contributed by atoms with Crippen LogP contribution in [-0.2, 0) is 0 Å². The Morgan fingerprint density at radius 3 is 1.82 bits per heavy atom. The van der Waals surface area contributed by atoms with Gasteiger partial charge in [-0.2, -0.15) is 0 Å². The smallest absolute Gasteiger partial charge is 0.123 e. The summed E-state index contributed by atoms with van der Waals surface area (Å²) in [4.78, 5) is 0. The summed E-state index contributed by atoms with van der Waals surface area (Å²) in [5.74, 6) is 0. The van der Waals surface area contributed by atoms with Crippen molar-refractivity contribution in [1.29, 1.82) is 0 Å². The lowest BCUT2D eigenvalue weighted by Gasteiger charge is -2.09. The number of rotatable bonds is 6. The van der Waals surface area contributed by atoms with Gasteiger partial charge in [-0.05, 0) is 19.3 Å². The molecule has 0 aliphatic heterocycles. The Morgan fingerprint density at radius 1 is 0.818 bits per heavy atom. The maximum Gasteiger partial charge on any atom is 0.252 e. The lowest BCUT2D eigenvalue weighted by Crippen LogP contribution is -2.12. The fraction of sp³-hybridized carbons (Fsp3) is 1.00. The minimum Gasteiger partial charge on any atom is -0.123 e. The van der Waals surface area contributed by atoms with Crippen molar-refractivity contribution < 1.29 is 1.56 Å². The Bertz CT molecular complexity index is 91.1. The minimum absolute atomic E-state index is 0.543. The number of alkyl halides is 1. The van der Waals surface area contributed by atoms with E-state index in [0.29, 0.717) is 1.56 Å². The minimum atomic E-state index is 0.543. The highest BCUT2D eigenvalue weighted by Gasteiger charge is 2.17. The van der Waals surface area contributed by atoms with Crippen molar-refractivity contribution in [2.75, 3.05) is 11.9 Å². The van der Waals surface area contributed by atoms with Gasteiger partial charge in [-0.15, -0.1) is 1.56 Å². The summed E-state index contributed by atoms with van der Waals surface area (Å²) < 4.78 is 0.543. The van der Waals surface area contributed by atoms with Gasteiger partial charge in [-0.25, -0.2) is 0 Å². The molecule has 0 aromatic rings. The van der Waals surface area contributed by atoms with E-state index in [1.165, 1.54) is 25.7 Å². The molecule has 0 amide bonds. The highest BCUT2D eigenvalue weighted by atomic mass is 80.0. The van der Waals surface area contributed by atoms with Crippen LogP contribution in [0.2, 0.25) is 0 Å². The number of unbranched alkanes of at least 4 members (excludes halogenated alkanes) is 3. The highest BCUT2D eigenvalue weighted by molar-refractivity contribution is 9.27. The third kappa shape index (κ3) is 11.9. The van der Waals surface area contributed by atoms with Crippen LogP contribution in [0.15, 0.2) is 0 Å². The molecule has 0 bridgehead atoms. The van der Waals surface area contributed by atoms with Crippen LogP contribution < -0.4 is 0 Å². The predicted octanol–water partition coefficient (Wildman–Crippen LogP) is 4.69. The quantitative estimate of drug-likeness (QED) is 0.334. The van der Waals surface area contributed by atoms with Gasteiger partial charge < -0.3 is 0 Å². The van der Waals surface area contributed by atoms with E-state index in [9.17, 15) is 0 Å². The van der Waals surface area contributed by atoms with Crippen molar-refractivity contribution in [3.05, 3.63) is 0 Å². The van der Waals surface area contributed by atoms with Crippen molar-refractivity contribution in [2.24, 2.45) is 0 Å². The zero-order valence-electron chi connectivity index (χ0n) is 6.20. The molecular weight excluding hydrogens is 406 g/mol. The van der Waals surface area contributed by atoms with Crippen molar-refractivity contribution >= 4 is 64.4 Å². The van der Waals surface area contributed by atoms with Crippen LogP contribution in [0.3, 0.4) is 0 Å². The lowest BCUT2D eigenvalue weighted by molar-refractivity contribution is -0.420. The molecule has 0 spiro atoms. The van der Waals surface area contributed by atoms with Crippen molar-refractivity contribution in [1.82, 2.24) is 0 Å². The molecule has 0 fully saturated rings. The monoisotopic (exact) mass is 414 g/mol. The van der Waals surface area contributed by atoms with Crippen molar-refractivity contribution in [3.8, 4) is 0 Å². The van der Waals surface area contributed by atoms with Crippen LogP contribution in [-0.4, -0.2) is 13.4 Å². The van der Waals surface area contributed by atoms with Gasteiger partial charge in [0.2, 0.25) is 0 Å². The summed E-state index contributed by atoms with van der Waals surface area (Å²) in [5, 5.41) is 1.13. The maximum absolute atomic E-state index is 3.41. The maximum atomic E-state index is 3.41. The summed E-state index contributed by atoms with van der Waals surface area (Å²) in [6.45, 7) is 1.06. The van der Waals surface area contributed by atoms with Crippen molar-refractivity contribution in [3.63, 3.8) is 0 Å². The first kappa shape index (κ1) is 12.9. The van der Waals surface area contributed by atoms with E-state index in [-0.39, 0.29) is 0 Å². The molecule has 0 rings (SSSR count). The van der Waals surface area contributed by atoms with E-state index in [4.69, 9.17) is 0 Å². The summed E-state index contributed by atoms with van der Waals surface area (Å²) in [7, 11) is 0. The second-order valence-electron chi connectivity index (χ2n) is 2.38. The van der Waals surface area contributed by atoms with Gasteiger partial charge in [0.05, 0.1) is 0 Å².